The summed E-state index contributed by atoms with van der Waals surface area (Å²) in [7, 11) is 1.78. The van der Waals surface area contributed by atoms with Crippen LogP contribution in [0.25, 0.3) is 0 Å². The zero-order valence-corrected chi connectivity index (χ0v) is 10.6. The summed E-state index contributed by atoms with van der Waals surface area (Å²) in [6.45, 7) is 1.27. The molecule has 0 saturated carbocycles. The van der Waals surface area contributed by atoms with Crippen LogP contribution in [-0.4, -0.2) is 24.6 Å². The predicted molar refractivity (Wildman–Crippen MR) is 69.3 cm³/mol. The van der Waals surface area contributed by atoms with Crippen molar-refractivity contribution in [3.8, 4) is 5.75 Å². The van der Waals surface area contributed by atoms with Gasteiger partial charge < -0.3 is 4.74 Å². The van der Waals surface area contributed by atoms with Gasteiger partial charge in [0, 0.05) is 17.6 Å². The van der Waals surface area contributed by atoms with Gasteiger partial charge in [0.25, 0.3) is 0 Å². The van der Waals surface area contributed by atoms with Crippen LogP contribution in [0.15, 0.2) is 24.3 Å². The van der Waals surface area contributed by atoms with Gasteiger partial charge in [0.1, 0.15) is 5.75 Å². The Kier molecular flexibility index (Phi) is 3.06. The zero-order valence-electron chi connectivity index (χ0n) is 10.6. The molecule has 1 aromatic rings. The number of ether oxygens (including phenoxy) is 1. The number of fused-ring (bicyclic) bond motifs is 1. The van der Waals surface area contributed by atoms with E-state index in [-0.39, 0.29) is 0 Å². The van der Waals surface area contributed by atoms with Crippen molar-refractivity contribution in [2.75, 3.05) is 13.7 Å². The topological polar surface area (TPSA) is 12.5 Å². The van der Waals surface area contributed by atoms with Crippen LogP contribution in [-0.2, 0) is 0 Å². The molecule has 17 heavy (non-hydrogen) atoms. The van der Waals surface area contributed by atoms with Crippen molar-refractivity contribution in [1.29, 1.82) is 0 Å². The second-order valence-corrected chi connectivity index (χ2v) is 5.22. The van der Waals surface area contributed by atoms with Gasteiger partial charge in [-0.3, -0.25) is 4.90 Å². The molecule has 0 spiro atoms. The highest BCUT2D eigenvalue weighted by molar-refractivity contribution is 5.36. The minimum atomic E-state index is 0.594. The third-order valence-corrected chi connectivity index (χ3v) is 4.34. The van der Waals surface area contributed by atoms with Gasteiger partial charge in [-0.1, -0.05) is 24.6 Å². The summed E-state index contributed by atoms with van der Waals surface area (Å²) in [5.41, 5.74) is 1.39. The van der Waals surface area contributed by atoms with Crippen molar-refractivity contribution >= 4 is 0 Å². The molecule has 92 valence electrons. The Morgan fingerprint density at radius 2 is 2.00 bits per heavy atom. The molecule has 2 saturated heterocycles. The average molecular weight is 231 g/mol. The zero-order chi connectivity index (χ0) is 11.7. The molecule has 0 radical (unpaired) electrons. The number of hydrogen-bond acceptors (Lipinski definition) is 2. The Bertz CT molecular complexity index is 390. The number of methoxy groups -OCH3 is 1. The van der Waals surface area contributed by atoms with E-state index >= 15 is 0 Å². The first-order valence-corrected chi connectivity index (χ1v) is 6.79. The first-order valence-electron chi connectivity index (χ1n) is 6.79. The van der Waals surface area contributed by atoms with Crippen molar-refractivity contribution in [1.82, 2.24) is 4.90 Å². The molecule has 3 rings (SSSR count). The fraction of sp³-hybridized carbons (Fsp3) is 0.600. The molecule has 0 aromatic heterocycles. The maximum absolute atomic E-state index is 5.51. The monoisotopic (exact) mass is 231 g/mol. The fourth-order valence-electron chi connectivity index (χ4n) is 3.54. The summed E-state index contributed by atoms with van der Waals surface area (Å²) in [4.78, 5) is 2.71. The maximum Gasteiger partial charge on any atom is 0.123 e. The molecule has 2 heteroatoms. The van der Waals surface area contributed by atoms with Gasteiger partial charge in [-0.05, 0) is 38.3 Å². The quantitative estimate of drug-likeness (QED) is 0.773. The number of hydrogen-bond donors (Lipinski definition) is 0. The van der Waals surface area contributed by atoms with E-state index in [2.05, 4.69) is 29.2 Å². The summed E-state index contributed by atoms with van der Waals surface area (Å²) >= 11 is 0. The lowest BCUT2D eigenvalue weighted by atomic mass is 10.0. The molecular weight excluding hydrogens is 210 g/mol. The van der Waals surface area contributed by atoms with Crippen molar-refractivity contribution in [3.05, 3.63) is 29.8 Å². The molecular formula is C15H21NO. The molecule has 0 unspecified atom stereocenters. The Morgan fingerprint density at radius 3 is 2.88 bits per heavy atom. The third kappa shape index (κ3) is 1.95. The number of benzene rings is 1. The molecule has 2 fully saturated rings. The Balaban J connectivity index is 1.88. The van der Waals surface area contributed by atoms with Crippen LogP contribution in [0.3, 0.4) is 0 Å². The van der Waals surface area contributed by atoms with Gasteiger partial charge in [-0.2, -0.15) is 0 Å². The lowest BCUT2D eigenvalue weighted by molar-refractivity contribution is 0.148. The summed E-state index contributed by atoms with van der Waals surface area (Å²) in [6, 6.07) is 9.95. The van der Waals surface area contributed by atoms with Gasteiger partial charge in [0.05, 0.1) is 7.11 Å². The van der Waals surface area contributed by atoms with E-state index < -0.39 is 0 Å². The Morgan fingerprint density at radius 1 is 1.12 bits per heavy atom. The van der Waals surface area contributed by atoms with Crippen LogP contribution >= 0.6 is 0 Å². The minimum Gasteiger partial charge on any atom is -0.496 e. The highest BCUT2D eigenvalue weighted by Gasteiger charge is 2.36. The van der Waals surface area contributed by atoms with E-state index in [1.54, 1.807) is 7.11 Å². The van der Waals surface area contributed by atoms with Crippen molar-refractivity contribution in [3.63, 3.8) is 0 Å². The third-order valence-electron chi connectivity index (χ3n) is 4.34. The van der Waals surface area contributed by atoms with Crippen molar-refractivity contribution in [2.45, 2.75) is 44.2 Å². The smallest absolute Gasteiger partial charge is 0.123 e. The predicted octanol–water partition coefficient (Wildman–Crippen LogP) is 3.38. The molecule has 2 nitrogen and oxygen atoms in total. The number of para-hydroxylation sites is 1. The SMILES string of the molecule is COc1ccccc1[C@@H]1CC[C@@H]2CCCCN21. The lowest BCUT2D eigenvalue weighted by Crippen LogP contribution is -2.35. The van der Waals surface area contributed by atoms with E-state index in [1.165, 1.54) is 44.2 Å². The van der Waals surface area contributed by atoms with E-state index in [4.69, 9.17) is 4.74 Å². The van der Waals surface area contributed by atoms with Gasteiger partial charge in [0.15, 0.2) is 0 Å². The Labute approximate surface area is 104 Å². The first kappa shape index (κ1) is 11.1. The molecule has 2 heterocycles. The van der Waals surface area contributed by atoms with E-state index in [1.807, 2.05) is 0 Å². The molecule has 0 amide bonds. The fourth-order valence-corrected chi connectivity index (χ4v) is 3.54. The lowest BCUT2D eigenvalue weighted by Gasteiger charge is -2.34. The highest BCUT2D eigenvalue weighted by Crippen LogP contribution is 2.42. The van der Waals surface area contributed by atoms with Crippen LogP contribution in [0, 0.1) is 0 Å². The van der Waals surface area contributed by atoms with Gasteiger partial charge in [-0.25, -0.2) is 0 Å². The molecule has 2 atom stereocenters. The second-order valence-electron chi connectivity index (χ2n) is 5.22. The van der Waals surface area contributed by atoms with Crippen molar-refractivity contribution < 1.29 is 4.74 Å². The standard InChI is InChI=1S/C15H21NO/c1-17-15-8-3-2-7-13(15)14-10-9-12-6-4-5-11-16(12)14/h2-3,7-8,12,14H,4-6,9-11H2,1H3/t12-,14-/m0/s1. The number of nitrogens with zero attached hydrogens (tertiary/aromatic N) is 1. The Hall–Kier alpha value is -1.02. The van der Waals surface area contributed by atoms with Crippen LogP contribution in [0.1, 0.15) is 43.7 Å². The second kappa shape index (κ2) is 4.69. The first-order chi connectivity index (χ1) is 8.40. The molecule has 0 aliphatic carbocycles. The normalized spacial score (nSPS) is 29.0. The summed E-state index contributed by atoms with van der Waals surface area (Å²) in [5, 5.41) is 0. The van der Waals surface area contributed by atoms with Crippen LogP contribution in [0.2, 0.25) is 0 Å². The van der Waals surface area contributed by atoms with E-state index in [0.29, 0.717) is 6.04 Å². The molecule has 0 N–H and O–H groups in total. The van der Waals surface area contributed by atoms with Crippen LogP contribution < -0.4 is 4.74 Å². The van der Waals surface area contributed by atoms with E-state index in [9.17, 15) is 0 Å². The summed E-state index contributed by atoms with van der Waals surface area (Å²) in [5.74, 6) is 1.06. The number of piperidine rings is 1. The van der Waals surface area contributed by atoms with Gasteiger partial charge in [0.2, 0.25) is 0 Å². The molecule has 2 aliphatic heterocycles. The number of rotatable bonds is 2. The minimum absolute atomic E-state index is 0.594. The van der Waals surface area contributed by atoms with E-state index in [0.717, 1.165) is 11.8 Å². The van der Waals surface area contributed by atoms with Crippen LogP contribution in [0.4, 0.5) is 0 Å². The molecule has 0 bridgehead atoms. The maximum atomic E-state index is 5.51. The average Bonchev–Trinajstić information content (AvgIpc) is 2.82. The summed E-state index contributed by atoms with van der Waals surface area (Å²) < 4.78 is 5.51. The summed E-state index contributed by atoms with van der Waals surface area (Å²) in [6.07, 6.45) is 6.83. The van der Waals surface area contributed by atoms with Crippen molar-refractivity contribution in [2.24, 2.45) is 0 Å². The largest absolute Gasteiger partial charge is 0.496 e. The highest BCUT2D eigenvalue weighted by atomic mass is 16.5. The van der Waals surface area contributed by atoms with Gasteiger partial charge >= 0.3 is 0 Å². The molecule has 1 aromatic carbocycles. The molecule has 2 aliphatic rings. The van der Waals surface area contributed by atoms with Gasteiger partial charge in [-0.15, -0.1) is 0 Å². The van der Waals surface area contributed by atoms with Crippen LogP contribution in [0.5, 0.6) is 5.75 Å².